The van der Waals surface area contributed by atoms with Gasteiger partial charge < -0.3 is 23.4 Å². The Kier molecular flexibility index (Phi) is 16.4. The average molecular weight is 781 g/mol. The topological polar surface area (TPSA) is 73.3 Å². The molecule has 0 saturated carbocycles. The molecule has 1 N–H and O–H groups in total. The second-order valence-corrected chi connectivity index (χ2v) is 21.7. The van der Waals surface area contributed by atoms with Crippen molar-refractivity contribution in [3.05, 3.63) is 72.8 Å². The summed E-state index contributed by atoms with van der Waals surface area (Å²) in [4.78, 5) is 0. The summed E-state index contributed by atoms with van der Waals surface area (Å²) >= 11 is 18.3. The standard InChI is InChI=1S/C41H60Cl3NO5Si/c1-5-6-7-21-28-40(46-30-31-47-40)29-22-13-11-9-8-10-12-20-27-36(50-37(45)41(42,43)44)39(32-48-39)33-49-51(38(2,3)4,34-23-16-14-17-24-34)35-25-18-15-19-26-35/h10,12,14-19,23-26,36,45H,5-9,11,13,20-22,27-33H2,1-4H3/b12-10+,45-37?/t36-,39-/m1/s1. The summed E-state index contributed by atoms with van der Waals surface area (Å²) < 4.78 is 29.7. The van der Waals surface area contributed by atoms with Gasteiger partial charge in [-0.15, -0.1) is 0 Å². The molecule has 2 fully saturated rings. The van der Waals surface area contributed by atoms with Gasteiger partial charge in [-0.3, -0.25) is 5.41 Å². The number of ether oxygens (including phenoxy) is 4. The molecule has 2 aliphatic rings. The molecule has 2 aromatic rings. The summed E-state index contributed by atoms with van der Waals surface area (Å²) in [6.45, 7) is 11.2. The second kappa shape index (κ2) is 19.8. The van der Waals surface area contributed by atoms with Crippen molar-refractivity contribution < 1.29 is 23.4 Å². The Morgan fingerprint density at radius 1 is 0.804 bits per heavy atom. The lowest BCUT2D eigenvalue weighted by Crippen LogP contribution is -2.67. The molecule has 0 spiro atoms. The van der Waals surface area contributed by atoms with Crippen molar-refractivity contribution in [1.82, 2.24) is 0 Å². The minimum atomic E-state index is -2.82. The quantitative estimate of drug-likeness (QED) is 0.0245. The Balaban J connectivity index is 1.33. The summed E-state index contributed by atoms with van der Waals surface area (Å²) in [7, 11) is -2.82. The number of halogens is 3. The SMILES string of the molecule is CCCCCCC1(CCCCCC/C=C/CC[C@@H](OC(=N)C(Cl)(Cl)Cl)[C@]2(CO[Si](c3ccccc3)(c3ccccc3)C(C)(C)C)CO2)OCCO1. The van der Waals surface area contributed by atoms with Crippen LogP contribution in [0.3, 0.4) is 0 Å². The van der Waals surface area contributed by atoms with E-state index in [1.54, 1.807) is 0 Å². The van der Waals surface area contributed by atoms with Crippen molar-refractivity contribution in [3.8, 4) is 0 Å². The lowest BCUT2D eigenvalue weighted by atomic mass is 9.99. The smallest absolute Gasteiger partial charge is 0.265 e. The van der Waals surface area contributed by atoms with Gasteiger partial charge in [-0.25, -0.2) is 0 Å². The highest BCUT2D eigenvalue weighted by Crippen LogP contribution is 2.42. The number of rotatable bonds is 22. The number of unbranched alkanes of at least 4 members (excludes halogenated alkanes) is 7. The van der Waals surface area contributed by atoms with Crippen LogP contribution in [-0.2, 0) is 23.4 Å². The fourth-order valence-corrected chi connectivity index (χ4v) is 12.1. The summed E-state index contributed by atoms with van der Waals surface area (Å²) in [5.41, 5.74) is -0.747. The van der Waals surface area contributed by atoms with Crippen LogP contribution in [0, 0.1) is 5.41 Å². The Hall–Kier alpha value is -1.42. The highest BCUT2D eigenvalue weighted by molar-refractivity contribution is 6.99. The molecule has 0 radical (unpaired) electrons. The number of allylic oxidation sites excluding steroid dienone is 2. The van der Waals surface area contributed by atoms with Crippen molar-refractivity contribution in [2.45, 2.75) is 137 Å². The van der Waals surface area contributed by atoms with Crippen LogP contribution in [0.4, 0.5) is 0 Å². The minimum Gasteiger partial charge on any atom is -0.471 e. The normalized spacial score (nSPS) is 19.7. The lowest BCUT2D eigenvalue weighted by molar-refractivity contribution is -0.168. The van der Waals surface area contributed by atoms with Crippen molar-refractivity contribution in [2.24, 2.45) is 0 Å². The van der Waals surface area contributed by atoms with E-state index in [0.29, 0.717) is 19.6 Å². The van der Waals surface area contributed by atoms with Gasteiger partial charge >= 0.3 is 0 Å². The molecule has 2 aromatic carbocycles. The molecule has 0 amide bonds. The summed E-state index contributed by atoms with van der Waals surface area (Å²) in [5.74, 6) is -0.746. The van der Waals surface area contributed by atoms with E-state index < -0.39 is 29.7 Å². The molecule has 6 nitrogen and oxygen atoms in total. The van der Waals surface area contributed by atoms with Crippen molar-refractivity contribution in [1.29, 1.82) is 5.41 Å². The van der Waals surface area contributed by atoms with E-state index in [9.17, 15) is 0 Å². The van der Waals surface area contributed by atoms with Gasteiger partial charge in [0.2, 0.25) is 5.90 Å². The number of hydrogen-bond acceptors (Lipinski definition) is 6. The first-order valence-corrected chi connectivity index (χ1v) is 22.1. The van der Waals surface area contributed by atoms with Crippen molar-refractivity contribution in [2.75, 3.05) is 26.4 Å². The van der Waals surface area contributed by atoms with Gasteiger partial charge in [0.05, 0.1) is 26.4 Å². The maximum Gasteiger partial charge on any atom is 0.265 e. The first-order valence-electron chi connectivity index (χ1n) is 19.0. The largest absolute Gasteiger partial charge is 0.471 e. The van der Waals surface area contributed by atoms with Gasteiger partial charge in [0.25, 0.3) is 12.1 Å². The zero-order chi connectivity index (χ0) is 36.9. The van der Waals surface area contributed by atoms with Gasteiger partial charge in [-0.2, -0.15) is 0 Å². The van der Waals surface area contributed by atoms with Crippen LogP contribution in [0.15, 0.2) is 72.8 Å². The molecule has 0 unspecified atom stereocenters. The molecule has 4 rings (SSSR count). The Labute approximate surface area is 323 Å². The number of benzene rings is 2. The van der Waals surface area contributed by atoms with Crippen LogP contribution < -0.4 is 10.4 Å². The number of hydrogen-bond donors (Lipinski definition) is 1. The number of alkyl halides is 3. The molecule has 51 heavy (non-hydrogen) atoms. The Bertz CT molecular complexity index is 1300. The molecule has 0 bridgehead atoms. The predicted octanol–water partition coefficient (Wildman–Crippen LogP) is 10.5. The zero-order valence-corrected chi connectivity index (χ0v) is 34.5. The third-order valence-electron chi connectivity index (χ3n) is 10.2. The van der Waals surface area contributed by atoms with Crippen LogP contribution in [0.25, 0.3) is 0 Å². The van der Waals surface area contributed by atoms with E-state index in [4.69, 9.17) is 63.6 Å². The third kappa shape index (κ3) is 12.0. The molecule has 284 valence electrons. The van der Waals surface area contributed by atoms with Gasteiger partial charge in [0, 0.05) is 12.8 Å². The van der Waals surface area contributed by atoms with E-state index in [1.165, 1.54) is 48.9 Å². The average Bonchev–Trinajstić information content (AvgIpc) is 3.75. The zero-order valence-electron chi connectivity index (χ0n) is 31.2. The summed E-state index contributed by atoms with van der Waals surface area (Å²) in [6.07, 6.45) is 17.9. The van der Waals surface area contributed by atoms with Crippen LogP contribution >= 0.6 is 34.8 Å². The Morgan fingerprint density at radius 3 is 1.84 bits per heavy atom. The van der Waals surface area contributed by atoms with E-state index in [0.717, 1.165) is 51.7 Å². The van der Waals surface area contributed by atoms with E-state index in [2.05, 4.69) is 88.4 Å². The van der Waals surface area contributed by atoms with Gasteiger partial charge in [-0.05, 0) is 53.9 Å². The predicted molar refractivity (Wildman–Crippen MR) is 215 cm³/mol. The van der Waals surface area contributed by atoms with E-state index in [-0.39, 0.29) is 10.8 Å². The highest BCUT2D eigenvalue weighted by atomic mass is 35.6. The molecule has 0 aromatic heterocycles. The number of nitrogens with one attached hydrogen (secondary N) is 1. The van der Waals surface area contributed by atoms with Crippen molar-refractivity contribution >= 4 is 59.4 Å². The van der Waals surface area contributed by atoms with Crippen LogP contribution in [0.1, 0.15) is 111 Å². The monoisotopic (exact) mass is 779 g/mol. The molecular weight excluding hydrogens is 721 g/mol. The van der Waals surface area contributed by atoms with Gasteiger partial charge in [-0.1, -0.05) is 167 Å². The fourth-order valence-electron chi connectivity index (χ4n) is 7.31. The van der Waals surface area contributed by atoms with E-state index in [1.807, 2.05) is 12.1 Å². The molecule has 2 atom stereocenters. The molecular formula is C41H60Cl3NO5Si. The summed E-state index contributed by atoms with van der Waals surface area (Å²) in [5, 5.41) is 10.6. The minimum absolute atomic E-state index is 0.192. The maximum absolute atomic E-state index is 8.41. The molecule has 2 aliphatic heterocycles. The van der Waals surface area contributed by atoms with E-state index >= 15 is 0 Å². The third-order valence-corrected chi connectivity index (χ3v) is 15.7. The molecule has 2 saturated heterocycles. The Morgan fingerprint density at radius 2 is 1.33 bits per heavy atom. The summed E-state index contributed by atoms with van der Waals surface area (Å²) in [6, 6.07) is 21.1. The van der Waals surface area contributed by atoms with Gasteiger partial charge in [0.15, 0.2) is 11.4 Å². The van der Waals surface area contributed by atoms with Crippen LogP contribution in [0.2, 0.25) is 5.04 Å². The second-order valence-electron chi connectivity index (χ2n) is 15.2. The molecule has 10 heteroatoms. The molecule has 0 aliphatic carbocycles. The van der Waals surface area contributed by atoms with Gasteiger partial charge in [0.1, 0.15) is 6.10 Å². The fraction of sp³-hybridized carbons (Fsp3) is 0.634. The lowest BCUT2D eigenvalue weighted by Gasteiger charge is -2.44. The first-order chi connectivity index (χ1) is 24.4. The molecule has 2 heterocycles. The number of epoxide rings is 1. The van der Waals surface area contributed by atoms with Crippen LogP contribution in [-0.4, -0.2) is 61.9 Å². The highest BCUT2D eigenvalue weighted by Gasteiger charge is 2.58. The maximum atomic E-state index is 8.41. The van der Waals surface area contributed by atoms with Crippen LogP contribution in [0.5, 0.6) is 0 Å². The van der Waals surface area contributed by atoms with Crippen molar-refractivity contribution in [3.63, 3.8) is 0 Å². The first kappa shape index (κ1) is 42.3.